The highest BCUT2D eigenvalue weighted by Crippen LogP contribution is 2.30. The smallest absolute Gasteiger partial charge is 0.335 e. The third kappa shape index (κ3) is 12.7. The Kier molecular flexibility index (Phi) is 14.8. The maximum absolute atomic E-state index is 12.6. The molecule has 2 aliphatic rings. The van der Waals surface area contributed by atoms with Gasteiger partial charge < -0.3 is 54.7 Å². The van der Waals surface area contributed by atoms with Crippen molar-refractivity contribution in [2.45, 2.75) is 64.1 Å². The molecule has 4 amide bonds. The number of imide groups is 1. The van der Waals surface area contributed by atoms with Crippen LogP contribution in [0, 0.1) is 5.41 Å². The number of aliphatic hydroxyl groups excluding tert-OH is 3. The number of carboxylic acids is 1. The molecule has 21 nitrogen and oxygen atoms in total. The number of esters is 1. The van der Waals surface area contributed by atoms with Crippen LogP contribution in [0.5, 0.6) is 11.5 Å². The van der Waals surface area contributed by atoms with E-state index in [-0.39, 0.29) is 44.5 Å². The molecular weight excluding hydrogens is 734 g/mol. The number of benzene rings is 1. The van der Waals surface area contributed by atoms with Crippen molar-refractivity contribution in [3.8, 4) is 11.5 Å². The van der Waals surface area contributed by atoms with E-state index in [1.165, 1.54) is 18.2 Å². The minimum atomic E-state index is -4.76. The van der Waals surface area contributed by atoms with Crippen LogP contribution in [0.25, 0.3) is 0 Å². The molecule has 2 heterocycles. The normalized spacial score (nSPS) is 22.2. The first-order valence-electron chi connectivity index (χ1n) is 15.8. The first-order chi connectivity index (χ1) is 24.7. The van der Waals surface area contributed by atoms with Crippen LogP contribution < -0.4 is 20.1 Å². The van der Waals surface area contributed by atoms with Crippen LogP contribution in [0.1, 0.15) is 26.3 Å². The van der Waals surface area contributed by atoms with Gasteiger partial charge in [-0.05, 0) is 32.9 Å². The van der Waals surface area contributed by atoms with Gasteiger partial charge in [0.1, 0.15) is 61.4 Å². The Bertz CT molecular complexity index is 1660. The van der Waals surface area contributed by atoms with Gasteiger partial charge >= 0.3 is 11.9 Å². The third-order valence-corrected chi connectivity index (χ3v) is 8.09. The van der Waals surface area contributed by atoms with Gasteiger partial charge in [0.25, 0.3) is 21.9 Å². The zero-order valence-electron chi connectivity index (χ0n) is 28.7. The fraction of sp³-hybridized carbons (Fsp3) is 0.548. The minimum absolute atomic E-state index is 0.0341. The average molecular weight is 776 g/mol. The molecule has 0 bridgehead atoms. The van der Waals surface area contributed by atoms with Crippen molar-refractivity contribution in [3.63, 3.8) is 0 Å². The summed E-state index contributed by atoms with van der Waals surface area (Å²) in [6.45, 7) is 3.31. The standard InChI is InChI=1S/C31H41N3O18S/c1-31(2,3)30(44)50-14-16-4-5-17(51-29-25(40)23(38)24(39)26(52-29)28(42)43)12-19(16)49-11-10-48-9-8-32-27(41)18(15-53(45,46)47)33-20(35)13-34-21(36)6-7-22(34)37/h4-7,12,18,23-26,29,38-40H,8-11,13-15H2,1-3H3,(H,32,41)(H,33,35)(H,42,43)(H,45,46,47)/t18?,23-,24-,25+,26-,29+/m0/s1. The number of nitrogens with one attached hydrogen (secondary N) is 2. The number of aliphatic carboxylic acids is 1. The molecule has 0 aromatic heterocycles. The molecule has 2 aliphatic heterocycles. The molecule has 1 unspecified atom stereocenters. The predicted molar refractivity (Wildman–Crippen MR) is 174 cm³/mol. The van der Waals surface area contributed by atoms with Crippen LogP contribution in [0.3, 0.4) is 0 Å². The summed E-state index contributed by atoms with van der Waals surface area (Å²) in [7, 11) is -4.76. The molecular formula is C31H41N3O18S. The second-order valence-corrected chi connectivity index (χ2v) is 14.2. The molecule has 294 valence electrons. The van der Waals surface area contributed by atoms with E-state index in [0.29, 0.717) is 10.5 Å². The van der Waals surface area contributed by atoms with E-state index < -0.39 is 100 Å². The van der Waals surface area contributed by atoms with Crippen molar-refractivity contribution in [2.75, 3.05) is 38.7 Å². The van der Waals surface area contributed by atoms with Crippen LogP contribution in [0.4, 0.5) is 0 Å². The van der Waals surface area contributed by atoms with Gasteiger partial charge in [0.2, 0.25) is 18.1 Å². The first-order valence-corrected chi connectivity index (χ1v) is 17.4. The lowest BCUT2D eigenvalue weighted by molar-refractivity contribution is -0.271. The number of amides is 4. The van der Waals surface area contributed by atoms with Crippen molar-refractivity contribution in [2.24, 2.45) is 5.41 Å². The van der Waals surface area contributed by atoms with Gasteiger partial charge in [-0.1, -0.05) is 0 Å². The highest BCUT2D eigenvalue weighted by molar-refractivity contribution is 7.85. The summed E-state index contributed by atoms with van der Waals surface area (Å²) in [4.78, 5) is 72.7. The Labute approximate surface area is 302 Å². The highest BCUT2D eigenvalue weighted by atomic mass is 32.2. The van der Waals surface area contributed by atoms with Gasteiger partial charge in [-0.15, -0.1) is 0 Å². The summed E-state index contributed by atoms with van der Waals surface area (Å²) in [5.74, 6) is -6.90. The average Bonchev–Trinajstić information content (AvgIpc) is 3.37. The van der Waals surface area contributed by atoms with Crippen molar-refractivity contribution in [1.82, 2.24) is 15.5 Å². The summed E-state index contributed by atoms with van der Waals surface area (Å²) >= 11 is 0. The molecule has 6 atom stereocenters. The number of hydrogen-bond acceptors (Lipinski definition) is 16. The Morgan fingerprint density at radius 1 is 0.981 bits per heavy atom. The highest BCUT2D eigenvalue weighted by Gasteiger charge is 2.48. The van der Waals surface area contributed by atoms with E-state index >= 15 is 0 Å². The molecule has 0 aliphatic carbocycles. The Hall–Kier alpha value is -4.71. The molecule has 0 radical (unpaired) electrons. The van der Waals surface area contributed by atoms with E-state index in [9.17, 15) is 62.2 Å². The van der Waals surface area contributed by atoms with Gasteiger partial charge in [-0.25, -0.2) is 4.79 Å². The lowest BCUT2D eigenvalue weighted by Gasteiger charge is -2.38. The van der Waals surface area contributed by atoms with Crippen molar-refractivity contribution >= 4 is 45.7 Å². The molecule has 1 saturated heterocycles. The number of aliphatic hydroxyl groups is 3. The molecule has 1 fully saturated rings. The maximum Gasteiger partial charge on any atom is 0.335 e. The van der Waals surface area contributed by atoms with Crippen LogP contribution in [0.15, 0.2) is 30.4 Å². The summed E-state index contributed by atoms with van der Waals surface area (Å²) in [5, 5.41) is 44.0. The number of hydrogen-bond donors (Lipinski definition) is 7. The zero-order chi connectivity index (χ0) is 39.7. The number of carbonyl (C=O) groups is 6. The molecule has 22 heteroatoms. The van der Waals surface area contributed by atoms with Gasteiger partial charge in [-0.2, -0.15) is 8.42 Å². The fourth-order valence-electron chi connectivity index (χ4n) is 4.55. The molecule has 0 spiro atoms. The van der Waals surface area contributed by atoms with Crippen LogP contribution in [-0.2, 0) is 59.7 Å². The lowest BCUT2D eigenvalue weighted by atomic mass is 9.97. The largest absolute Gasteiger partial charge is 0.491 e. The summed E-state index contributed by atoms with van der Waals surface area (Å²) in [6, 6.07) is 2.34. The summed E-state index contributed by atoms with van der Waals surface area (Å²) < 4.78 is 59.4. The van der Waals surface area contributed by atoms with Crippen LogP contribution in [-0.4, -0.2) is 149 Å². The van der Waals surface area contributed by atoms with E-state index in [4.69, 9.17) is 23.7 Å². The molecule has 0 saturated carbocycles. The van der Waals surface area contributed by atoms with E-state index in [1.54, 1.807) is 20.8 Å². The molecule has 3 rings (SSSR count). The van der Waals surface area contributed by atoms with Crippen molar-refractivity contribution < 1.29 is 85.8 Å². The van der Waals surface area contributed by atoms with E-state index in [2.05, 4.69) is 10.6 Å². The molecule has 1 aromatic rings. The number of nitrogens with zero attached hydrogens (tertiary/aromatic N) is 1. The number of rotatable bonds is 18. The predicted octanol–water partition coefficient (Wildman–Crippen LogP) is -3.14. The Morgan fingerprint density at radius 2 is 1.64 bits per heavy atom. The monoisotopic (exact) mass is 775 g/mol. The minimum Gasteiger partial charge on any atom is -0.491 e. The van der Waals surface area contributed by atoms with Gasteiger partial charge in [0.15, 0.2) is 6.10 Å². The SMILES string of the molecule is CC(C)(C)C(=O)OCc1ccc(O[C@@H]2O[C@H](C(=O)O)[C@@H](O)[C@H](O)[C@H]2O)cc1OCCOCCNC(=O)C(CS(=O)(=O)O)NC(=O)CN1C(=O)C=CC1=O. The second kappa shape index (κ2) is 18.4. The van der Waals surface area contributed by atoms with Gasteiger partial charge in [0.05, 0.1) is 18.6 Å². The van der Waals surface area contributed by atoms with Crippen LogP contribution in [0.2, 0.25) is 0 Å². The number of carbonyl (C=O) groups excluding carboxylic acids is 5. The van der Waals surface area contributed by atoms with E-state index in [0.717, 1.165) is 12.2 Å². The van der Waals surface area contributed by atoms with Crippen molar-refractivity contribution in [1.29, 1.82) is 0 Å². The second-order valence-electron chi connectivity index (χ2n) is 12.7. The Balaban J connectivity index is 1.57. The fourth-order valence-corrected chi connectivity index (χ4v) is 5.21. The quantitative estimate of drug-likeness (QED) is 0.0335. The summed E-state index contributed by atoms with van der Waals surface area (Å²) in [6.07, 6.45) is -7.45. The van der Waals surface area contributed by atoms with E-state index in [1.807, 2.05) is 0 Å². The zero-order valence-corrected chi connectivity index (χ0v) is 29.5. The maximum atomic E-state index is 12.6. The molecule has 53 heavy (non-hydrogen) atoms. The Morgan fingerprint density at radius 3 is 2.25 bits per heavy atom. The van der Waals surface area contributed by atoms with Crippen molar-refractivity contribution in [3.05, 3.63) is 35.9 Å². The first kappa shape index (κ1) is 42.7. The molecule has 7 N–H and O–H groups in total. The van der Waals surface area contributed by atoms with Gasteiger partial charge in [-0.3, -0.25) is 33.4 Å². The number of carboxylic acid groups (broad SMARTS) is 1. The number of ether oxygens (including phenoxy) is 5. The van der Waals surface area contributed by atoms with Gasteiger partial charge in [0, 0.05) is 30.3 Å². The molecule has 1 aromatic carbocycles. The topological polar surface area (TPSA) is 311 Å². The third-order valence-electron chi connectivity index (χ3n) is 7.34. The summed E-state index contributed by atoms with van der Waals surface area (Å²) in [5.41, 5.74) is -0.467. The van der Waals surface area contributed by atoms with Crippen LogP contribution >= 0.6 is 0 Å². The lowest BCUT2D eigenvalue weighted by Crippen LogP contribution is -2.61.